The van der Waals surface area contributed by atoms with Crippen molar-refractivity contribution in [3.63, 3.8) is 0 Å². The standard InChI is InChI=1S/C14H27ClO/c1-4-5-12-6-7-14(15)13(10-12)8-9-16-11(2)3/h11-14H,4-10H2,1-3H3. The molecule has 0 aromatic carbocycles. The molecule has 0 amide bonds. The quantitative estimate of drug-likeness (QED) is 0.621. The Morgan fingerprint density at radius 1 is 1.25 bits per heavy atom. The Hall–Kier alpha value is 0.250. The molecule has 96 valence electrons. The maximum atomic E-state index is 6.41. The van der Waals surface area contributed by atoms with Crippen LogP contribution < -0.4 is 0 Å². The summed E-state index contributed by atoms with van der Waals surface area (Å²) in [6, 6.07) is 0. The predicted molar refractivity (Wildman–Crippen MR) is 71.1 cm³/mol. The maximum Gasteiger partial charge on any atom is 0.0518 e. The molecular weight excluding hydrogens is 220 g/mol. The molecule has 1 saturated carbocycles. The summed E-state index contributed by atoms with van der Waals surface area (Å²) in [6.07, 6.45) is 8.06. The van der Waals surface area contributed by atoms with E-state index in [2.05, 4.69) is 20.8 Å². The third-order valence-corrected chi connectivity index (χ3v) is 4.21. The van der Waals surface area contributed by atoms with E-state index in [1.807, 2.05) is 0 Å². The van der Waals surface area contributed by atoms with Crippen molar-refractivity contribution in [3.8, 4) is 0 Å². The Kier molecular flexibility index (Phi) is 6.75. The third kappa shape index (κ3) is 5.05. The summed E-state index contributed by atoms with van der Waals surface area (Å²) in [5.74, 6) is 1.61. The van der Waals surface area contributed by atoms with Gasteiger partial charge >= 0.3 is 0 Å². The first kappa shape index (κ1) is 14.3. The Morgan fingerprint density at radius 2 is 2.00 bits per heavy atom. The first-order valence-corrected chi connectivity index (χ1v) is 7.32. The van der Waals surface area contributed by atoms with Gasteiger partial charge in [0.1, 0.15) is 0 Å². The second kappa shape index (κ2) is 7.55. The number of alkyl halides is 1. The summed E-state index contributed by atoms with van der Waals surface area (Å²) >= 11 is 6.41. The van der Waals surface area contributed by atoms with Crippen molar-refractivity contribution in [1.29, 1.82) is 0 Å². The lowest BCUT2D eigenvalue weighted by molar-refractivity contribution is 0.0619. The van der Waals surface area contributed by atoms with Crippen LogP contribution >= 0.6 is 11.6 Å². The van der Waals surface area contributed by atoms with Crippen LogP contribution in [0.5, 0.6) is 0 Å². The first-order valence-electron chi connectivity index (χ1n) is 6.89. The van der Waals surface area contributed by atoms with E-state index >= 15 is 0 Å². The van der Waals surface area contributed by atoms with Crippen LogP contribution in [-0.4, -0.2) is 18.1 Å². The van der Waals surface area contributed by atoms with E-state index in [1.54, 1.807) is 0 Å². The second-order valence-electron chi connectivity index (χ2n) is 5.45. The van der Waals surface area contributed by atoms with Crippen LogP contribution in [0.1, 0.15) is 59.3 Å². The summed E-state index contributed by atoms with van der Waals surface area (Å²) in [7, 11) is 0. The lowest BCUT2D eigenvalue weighted by atomic mass is 9.78. The minimum Gasteiger partial charge on any atom is -0.379 e. The molecule has 1 aliphatic carbocycles. The average Bonchev–Trinajstić information content (AvgIpc) is 2.22. The Morgan fingerprint density at radius 3 is 2.62 bits per heavy atom. The van der Waals surface area contributed by atoms with Crippen LogP contribution in [0.3, 0.4) is 0 Å². The van der Waals surface area contributed by atoms with Crippen molar-refractivity contribution < 1.29 is 4.74 Å². The molecule has 1 nitrogen and oxygen atoms in total. The van der Waals surface area contributed by atoms with Crippen LogP contribution in [0, 0.1) is 11.8 Å². The van der Waals surface area contributed by atoms with E-state index in [0.29, 0.717) is 17.4 Å². The van der Waals surface area contributed by atoms with E-state index in [0.717, 1.165) is 18.9 Å². The normalized spacial score (nSPS) is 30.9. The molecule has 3 atom stereocenters. The van der Waals surface area contributed by atoms with Gasteiger partial charge in [-0.3, -0.25) is 0 Å². The Balaban J connectivity index is 2.26. The van der Waals surface area contributed by atoms with Crippen molar-refractivity contribution >= 4 is 11.6 Å². The maximum absolute atomic E-state index is 6.41. The van der Waals surface area contributed by atoms with Gasteiger partial charge in [-0.1, -0.05) is 19.8 Å². The van der Waals surface area contributed by atoms with Gasteiger partial charge in [-0.2, -0.15) is 0 Å². The van der Waals surface area contributed by atoms with Crippen LogP contribution in [0.2, 0.25) is 0 Å². The number of ether oxygens (including phenoxy) is 1. The van der Waals surface area contributed by atoms with E-state index in [9.17, 15) is 0 Å². The zero-order valence-electron chi connectivity index (χ0n) is 11.0. The minimum atomic E-state index is 0.351. The second-order valence-corrected chi connectivity index (χ2v) is 6.01. The van der Waals surface area contributed by atoms with Gasteiger partial charge in [-0.15, -0.1) is 11.6 Å². The van der Waals surface area contributed by atoms with Crippen LogP contribution in [0.4, 0.5) is 0 Å². The molecule has 0 N–H and O–H groups in total. The van der Waals surface area contributed by atoms with Gasteiger partial charge in [0.2, 0.25) is 0 Å². The fraction of sp³-hybridized carbons (Fsp3) is 1.00. The summed E-state index contributed by atoms with van der Waals surface area (Å²) in [6.45, 7) is 7.35. The molecule has 0 heterocycles. The molecule has 16 heavy (non-hydrogen) atoms. The van der Waals surface area contributed by atoms with Gasteiger partial charge in [0.05, 0.1) is 6.10 Å². The molecule has 3 unspecified atom stereocenters. The highest BCUT2D eigenvalue weighted by Crippen LogP contribution is 2.36. The predicted octanol–water partition coefficient (Wildman–Crippen LogP) is 4.63. The molecule has 0 saturated heterocycles. The molecule has 2 heteroatoms. The van der Waals surface area contributed by atoms with E-state index in [-0.39, 0.29) is 0 Å². The summed E-state index contributed by atoms with van der Waals surface area (Å²) in [4.78, 5) is 0. The molecule has 0 bridgehead atoms. The van der Waals surface area contributed by atoms with Crippen molar-refractivity contribution in [2.45, 2.75) is 70.8 Å². The smallest absolute Gasteiger partial charge is 0.0518 e. The zero-order valence-corrected chi connectivity index (χ0v) is 11.8. The molecule has 0 aromatic heterocycles. The van der Waals surface area contributed by atoms with E-state index in [1.165, 1.54) is 32.1 Å². The topological polar surface area (TPSA) is 9.23 Å². The lowest BCUT2D eigenvalue weighted by Crippen LogP contribution is -2.27. The van der Waals surface area contributed by atoms with Gasteiger partial charge in [0, 0.05) is 12.0 Å². The van der Waals surface area contributed by atoms with Crippen LogP contribution in [0.25, 0.3) is 0 Å². The molecule has 1 fully saturated rings. The Labute approximate surface area is 106 Å². The number of hydrogen-bond donors (Lipinski definition) is 0. The highest BCUT2D eigenvalue weighted by molar-refractivity contribution is 6.20. The molecule has 0 aromatic rings. The zero-order chi connectivity index (χ0) is 12.0. The summed E-state index contributed by atoms with van der Waals surface area (Å²) in [5.41, 5.74) is 0. The number of hydrogen-bond acceptors (Lipinski definition) is 1. The van der Waals surface area contributed by atoms with Crippen molar-refractivity contribution in [3.05, 3.63) is 0 Å². The van der Waals surface area contributed by atoms with Crippen molar-refractivity contribution in [2.24, 2.45) is 11.8 Å². The third-order valence-electron chi connectivity index (χ3n) is 3.64. The SMILES string of the molecule is CCCC1CCC(Cl)C(CCOC(C)C)C1. The lowest BCUT2D eigenvalue weighted by Gasteiger charge is -2.33. The molecular formula is C14H27ClO. The van der Waals surface area contributed by atoms with E-state index < -0.39 is 0 Å². The van der Waals surface area contributed by atoms with Gasteiger partial charge < -0.3 is 4.74 Å². The van der Waals surface area contributed by atoms with Gasteiger partial charge in [0.15, 0.2) is 0 Å². The fourth-order valence-corrected chi connectivity index (χ4v) is 3.10. The summed E-state index contributed by atoms with van der Waals surface area (Å²) in [5, 5.41) is 0.392. The summed E-state index contributed by atoms with van der Waals surface area (Å²) < 4.78 is 5.63. The van der Waals surface area contributed by atoms with Gasteiger partial charge in [-0.25, -0.2) is 0 Å². The molecule has 0 radical (unpaired) electrons. The molecule has 1 aliphatic rings. The van der Waals surface area contributed by atoms with Crippen LogP contribution in [0.15, 0.2) is 0 Å². The number of halogens is 1. The monoisotopic (exact) mass is 246 g/mol. The minimum absolute atomic E-state index is 0.351. The molecule has 1 rings (SSSR count). The van der Waals surface area contributed by atoms with Crippen molar-refractivity contribution in [2.75, 3.05) is 6.61 Å². The molecule has 0 spiro atoms. The highest BCUT2D eigenvalue weighted by atomic mass is 35.5. The Bertz CT molecular complexity index is 182. The number of rotatable bonds is 6. The largest absolute Gasteiger partial charge is 0.379 e. The van der Waals surface area contributed by atoms with Crippen molar-refractivity contribution in [1.82, 2.24) is 0 Å². The first-order chi connectivity index (χ1) is 7.63. The highest BCUT2D eigenvalue weighted by Gasteiger charge is 2.28. The van der Waals surface area contributed by atoms with Gasteiger partial charge in [0.25, 0.3) is 0 Å². The van der Waals surface area contributed by atoms with Crippen LogP contribution in [-0.2, 0) is 4.74 Å². The van der Waals surface area contributed by atoms with E-state index in [4.69, 9.17) is 16.3 Å². The fourth-order valence-electron chi connectivity index (χ4n) is 2.75. The molecule has 0 aliphatic heterocycles. The average molecular weight is 247 g/mol. The van der Waals surface area contributed by atoms with Gasteiger partial charge in [-0.05, 0) is 51.4 Å².